The molecular weight excluding hydrogens is 443 g/mol. The molecule has 0 spiro atoms. The topological polar surface area (TPSA) is 70.2 Å². The van der Waals surface area contributed by atoms with Gasteiger partial charge in [-0.1, -0.05) is 23.7 Å². The van der Waals surface area contributed by atoms with Crippen LogP contribution in [-0.2, 0) is 6.18 Å². The molecule has 1 fully saturated rings. The molecule has 166 valence electrons. The lowest BCUT2D eigenvalue weighted by atomic mass is 10.1. The number of carbonyl (C=O) groups is 1. The van der Waals surface area contributed by atoms with Gasteiger partial charge in [0.25, 0.3) is 0 Å². The first kappa shape index (κ1) is 21.9. The third-order valence-corrected chi connectivity index (χ3v) is 5.39. The van der Waals surface area contributed by atoms with Gasteiger partial charge in [0.1, 0.15) is 0 Å². The Hall–Kier alpha value is -3.33. The van der Waals surface area contributed by atoms with E-state index in [0.717, 1.165) is 55.5 Å². The van der Waals surface area contributed by atoms with Crippen LogP contribution in [0.15, 0.2) is 54.6 Å². The molecule has 0 bridgehead atoms. The summed E-state index contributed by atoms with van der Waals surface area (Å²) < 4.78 is 38.6. The zero-order valence-corrected chi connectivity index (χ0v) is 17.5. The first-order chi connectivity index (χ1) is 15.3. The second-order valence-corrected chi connectivity index (χ2v) is 7.73. The minimum atomic E-state index is -4.54. The predicted octanol–water partition coefficient (Wildman–Crippen LogP) is 6.06. The monoisotopic (exact) mass is 461 g/mol. The highest BCUT2D eigenvalue weighted by Crippen LogP contribution is 2.34. The van der Waals surface area contributed by atoms with Crippen LogP contribution < -0.4 is 15.5 Å². The van der Waals surface area contributed by atoms with Gasteiger partial charge >= 0.3 is 12.2 Å². The summed E-state index contributed by atoms with van der Waals surface area (Å²) in [5.41, 5.74) is 0.926. The molecule has 2 N–H and O–H groups in total. The van der Waals surface area contributed by atoms with Crippen molar-refractivity contribution in [1.29, 1.82) is 0 Å². The molecule has 2 aromatic carbocycles. The molecule has 2 amide bonds. The average Bonchev–Trinajstić information content (AvgIpc) is 3.30. The molecular formula is C22H19ClF3N5O. The summed E-state index contributed by atoms with van der Waals surface area (Å²) in [5, 5.41) is 13.5. The van der Waals surface area contributed by atoms with Crippen molar-refractivity contribution >= 4 is 34.8 Å². The molecule has 1 aromatic heterocycles. The summed E-state index contributed by atoms with van der Waals surface area (Å²) in [7, 11) is 0. The SMILES string of the molecule is O=C(Nc1ccc(-c2ccc(N3CCCC3)nn2)cc1)Nc1cc(C(F)(F)F)ccc1Cl. The molecule has 0 saturated carbocycles. The number of nitrogens with one attached hydrogen (secondary N) is 2. The van der Waals surface area contributed by atoms with Crippen LogP contribution in [0.5, 0.6) is 0 Å². The largest absolute Gasteiger partial charge is 0.416 e. The number of nitrogens with zero attached hydrogens (tertiary/aromatic N) is 3. The summed E-state index contributed by atoms with van der Waals surface area (Å²) in [6, 6.07) is 12.7. The molecule has 0 unspecified atom stereocenters. The number of hydrogen-bond acceptors (Lipinski definition) is 4. The Morgan fingerprint density at radius 3 is 2.28 bits per heavy atom. The van der Waals surface area contributed by atoms with Gasteiger partial charge in [0.2, 0.25) is 0 Å². The fourth-order valence-electron chi connectivity index (χ4n) is 3.40. The molecule has 32 heavy (non-hydrogen) atoms. The Labute approximate surface area is 187 Å². The highest BCUT2D eigenvalue weighted by atomic mass is 35.5. The van der Waals surface area contributed by atoms with E-state index < -0.39 is 17.8 Å². The molecule has 10 heteroatoms. The maximum absolute atomic E-state index is 12.9. The summed E-state index contributed by atoms with van der Waals surface area (Å²) in [6.45, 7) is 1.98. The average molecular weight is 462 g/mol. The number of aromatic nitrogens is 2. The number of carbonyl (C=O) groups excluding carboxylic acids is 1. The van der Waals surface area contributed by atoms with E-state index in [2.05, 4.69) is 25.7 Å². The molecule has 1 aliphatic heterocycles. The maximum Gasteiger partial charge on any atom is 0.416 e. The number of halogens is 4. The Morgan fingerprint density at radius 1 is 0.938 bits per heavy atom. The first-order valence-electron chi connectivity index (χ1n) is 9.93. The quantitative estimate of drug-likeness (QED) is 0.495. The van der Waals surface area contributed by atoms with Crippen LogP contribution in [0.25, 0.3) is 11.3 Å². The van der Waals surface area contributed by atoms with E-state index in [1.807, 2.05) is 12.1 Å². The fourth-order valence-corrected chi connectivity index (χ4v) is 3.57. The Kier molecular flexibility index (Phi) is 6.18. The molecule has 4 rings (SSSR count). The maximum atomic E-state index is 12.9. The van der Waals surface area contributed by atoms with Gasteiger partial charge in [-0.15, -0.1) is 10.2 Å². The van der Waals surface area contributed by atoms with Crippen LogP contribution in [0.3, 0.4) is 0 Å². The molecule has 1 saturated heterocycles. The van der Waals surface area contributed by atoms with Crippen LogP contribution in [-0.4, -0.2) is 29.3 Å². The minimum Gasteiger partial charge on any atom is -0.355 e. The summed E-state index contributed by atoms with van der Waals surface area (Å²) >= 11 is 5.91. The van der Waals surface area contributed by atoms with Crippen molar-refractivity contribution in [2.75, 3.05) is 28.6 Å². The third kappa shape index (κ3) is 5.11. The normalized spacial score (nSPS) is 13.8. The number of benzene rings is 2. The van der Waals surface area contributed by atoms with Crippen molar-refractivity contribution < 1.29 is 18.0 Å². The van der Waals surface area contributed by atoms with Gasteiger partial charge in [-0.2, -0.15) is 13.2 Å². The van der Waals surface area contributed by atoms with Crippen LogP contribution in [0.1, 0.15) is 18.4 Å². The highest BCUT2D eigenvalue weighted by Gasteiger charge is 2.31. The van der Waals surface area contributed by atoms with E-state index in [1.165, 1.54) is 0 Å². The Balaban J connectivity index is 1.40. The molecule has 3 aromatic rings. The van der Waals surface area contributed by atoms with Crippen molar-refractivity contribution in [2.45, 2.75) is 19.0 Å². The zero-order chi connectivity index (χ0) is 22.7. The van der Waals surface area contributed by atoms with E-state index in [0.29, 0.717) is 11.4 Å². The minimum absolute atomic E-state index is 0.000510. The molecule has 0 aliphatic carbocycles. The lowest BCUT2D eigenvalue weighted by Gasteiger charge is -2.15. The number of anilines is 3. The summed E-state index contributed by atoms with van der Waals surface area (Å²) in [4.78, 5) is 14.4. The zero-order valence-electron chi connectivity index (χ0n) is 16.8. The second kappa shape index (κ2) is 9.04. The fraction of sp³-hybridized carbons (Fsp3) is 0.227. The van der Waals surface area contributed by atoms with Crippen LogP contribution in [0.4, 0.5) is 35.2 Å². The highest BCUT2D eigenvalue weighted by molar-refractivity contribution is 6.33. The van der Waals surface area contributed by atoms with Crippen molar-refractivity contribution in [2.24, 2.45) is 0 Å². The van der Waals surface area contributed by atoms with Gasteiger partial charge in [-0.25, -0.2) is 4.79 Å². The number of amides is 2. The van der Waals surface area contributed by atoms with Crippen molar-refractivity contribution in [1.82, 2.24) is 10.2 Å². The van der Waals surface area contributed by atoms with Gasteiger partial charge in [-0.05, 0) is 55.3 Å². The van der Waals surface area contributed by atoms with Crippen LogP contribution >= 0.6 is 11.6 Å². The van der Waals surface area contributed by atoms with E-state index in [9.17, 15) is 18.0 Å². The summed E-state index contributed by atoms with van der Waals surface area (Å²) in [6.07, 6.45) is -2.22. The van der Waals surface area contributed by atoms with E-state index in [1.54, 1.807) is 24.3 Å². The van der Waals surface area contributed by atoms with Gasteiger partial charge in [0.15, 0.2) is 5.82 Å². The molecule has 6 nitrogen and oxygen atoms in total. The summed E-state index contributed by atoms with van der Waals surface area (Å²) in [5.74, 6) is 0.856. The second-order valence-electron chi connectivity index (χ2n) is 7.32. The van der Waals surface area contributed by atoms with Crippen LogP contribution in [0, 0.1) is 0 Å². The lowest BCUT2D eigenvalue weighted by Crippen LogP contribution is -2.20. The van der Waals surface area contributed by atoms with Gasteiger partial charge < -0.3 is 15.5 Å². The smallest absolute Gasteiger partial charge is 0.355 e. The van der Waals surface area contributed by atoms with E-state index >= 15 is 0 Å². The standard InChI is InChI=1S/C22H19ClF3N5O/c23-17-8-5-15(22(24,25)26)13-19(17)28-21(32)27-16-6-3-14(4-7-16)18-9-10-20(30-29-18)31-11-1-2-12-31/h3-10,13H,1-2,11-12H2,(H2,27,28,32). The predicted molar refractivity (Wildman–Crippen MR) is 118 cm³/mol. The van der Waals surface area contributed by atoms with E-state index in [-0.39, 0.29) is 10.7 Å². The van der Waals surface area contributed by atoms with Crippen molar-refractivity contribution in [3.05, 3.63) is 65.2 Å². The lowest BCUT2D eigenvalue weighted by molar-refractivity contribution is -0.137. The molecule has 0 radical (unpaired) electrons. The molecule has 1 aliphatic rings. The number of rotatable bonds is 4. The Bertz CT molecular complexity index is 1100. The van der Waals surface area contributed by atoms with Crippen LogP contribution in [0.2, 0.25) is 5.02 Å². The van der Waals surface area contributed by atoms with Gasteiger partial charge in [0.05, 0.1) is 22.0 Å². The van der Waals surface area contributed by atoms with Gasteiger partial charge in [-0.3, -0.25) is 0 Å². The Morgan fingerprint density at radius 2 is 1.66 bits per heavy atom. The van der Waals surface area contributed by atoms with Gasteiger partial charge in [0, 0.05) is 24.3 Å². The van der Waals surface area contributed by atoms with Crippen molar-refractivity contribution in [3.63, 3.8) is 0 Å². The van der Waals surface area contributed by atoms with Crippen molar-refractivity contribution in [3.8, 4) is 11.3 Å². The molecule has 2 heterocycles. The van der Waals surface area contributed by atoms with E-state index in [4.69, 9.17) is 11.6 Å². The third-order valence-electron chi connectivity index (χ3n) is 5.06. The molecule has 0 atom stereocenters. The number of hydrogen-bond donors (Lipinski definition) is 2. The first-order valence-corrected chi connectivity index (χ1v) is 10.3. The number of alkyl halides is 3. The number of urea groups is 1.